The number of nitrogens with zero attached hydrogens (tertiary/aromatic N) is 1. The molecule has 0 bridgehead atoms. The Balaban J connectivity index is 1.68. The molecule has 3 nitrogen and oxygen atoms in total. The molecule has 2 aliphatic heterocycles. The molecule has 0 unspecified atom stereocenters. The summed E-state index contributed by atoms with van der Waals surface area (Å²) in [5, 5.41) is 1.03. The van der Waals surface area contributed by atoms with E-state index in [4.69, 9.17) is 0 Å². The Kier molecular flexibility index (Phi) is 4.68. The highest BCUT2D eigenvalue weighted by Gasteiger charge is 2.51. The van der Waals surface area contributed by atoms with Gasteiger partial charge < -0.3 is 0 Å². The molecular formula is C26H19FNO2P+. The molecule has 2 aliphatic rings. The molecule has 0 aromatic heterocycles. The average molecular weight is 427 g/mol. The van der Waals surface area contributed by atoms with Crippen LogP contribution in [-0.4, -0.2) is 23.4 Å². The Hall–Kier alpha value is -3.36. The van der Waals surface area contributed by atoms with E-state index in [0.29, 0.717) is 27.8 Å². The Morgan fingerprint density at radius 3 is 1.45 bits per heavy atom. The molecule has 0 aliphatic carbocycles. The van der Waals surface area contributed by atoms with E-state index in [1.54, 1.807) is 43.1 Å². The summed E-state index contributed by atoms with van der Waals surface area (Å²) in [5.41, 5.74) is 2.23. The van der Waals surface area contributed by atoms with E-state index in [1.165, 1.54) is 0 Å². The number of amides is 2. The maximum Gasteiger partial charge on any atom is 0.264 e. The van der Waals surface area contributed by atoms with Gasteiger partial charge in [-0.05, 0) is 24.3 Å². The normalized spacial score (nSPS) is 17.9. The largest absolute Gasteiger partial charge is 0.269 e. The molecule has 0 saturated heterocycles. The van der Waals surface area contributed by atoms with Crippen LogP contribution in [0.4, 0.5) is 4.20 Å². The smallest absolute Gasteiger partial charge is 0.264 e. The Labute approximate surface area is 181 Å². The van der Waals surface area contributed by atoms with Crippen LogP contribution in [0.15, 0.2) is 97.1 Å². The minimum absolute atomic E-state index is 0.368. The van der Waals surface area contributed by atoms with Crippen molar-refractivity contribution in [3.63, 3.8) is 0 Å². The molecule has 2 amide bonds. The fraction of sp³-hybridized carbons (Fsp3) is 0.0385. The maximum atomic E-state index is 16.5. The molecule has 3 aromatic carbocycles. The Bertz CT molecular complexity index is 1150. The van der Waals surface area contributed by atoms with Crippen molar-refractivity contribution in [2.75, 3.05) is 6.66 Å². The van der Waals surface area contributed by atoms with Crippen molar-refractivity contribution in [3.05, 3.63) is 125 Å². The number of halogens is 1. The van der Waals surface area contributed by atoms with Crippen molar-refractivity contribution in [2.24, 2.45) is 0 Å². The van der Waals surface area contributed by atoms with Crippen LogP contribution in [0.5, 0.6) is 0 Å². The number of carbonyl (C=O) groups is 2. The van der Waals surface area contributed by atoms with E-state index >= 15 is 4.20 Å². The lowest BCUT2D eigenvalue weighted by Gasteiger charge is -2.28. The molecule has 0 N–H and O–H groups in total. The van der Waals surface area contributed by atoms with E-state index in [2.05, 4.69) is 0 Å². The summed E-state index contributed by atoms with van der Waals surface area (Å²) in [7, 11) is -3.24. The van der Waals surface area contributed by atoms with Gasteiger partial charge in [-0.3, -0.25) is 14.5 Å². The number of hydrogen-bond donors (Lipinski definition) is 0. The summed E-state index contributed by atoms with van der Waals surface area (Å²) in [6.07, 6.45) is 3.33. The van der Waals surface area contributed by atoms with Crippen molar-refractivity contribution in [1.82, 2.24) is 4.90 Å². The number of imide groups is 1. The van der Waals surface area contributed by atoms with Crippen LogP contribution in [0.1, 0.15) is 31.8 Å². The summed E-state index contributed by atoms with van der Waals surface area (Å²) in [6.45, 7) is 1.63. The molecule has 0 atom stereocenters. The average Bonchev–Trinajstić information content (AvgIpc) is 3.05. The molecule has 5 heteroatoms. The van der Waals surface area contributed by atoms with Crippen molar-refractivity contribution >= 4 is 30.0 Å². The highest BCUT2D eigenvalue weighted by molar-refractivity contribution is 7.89. The SMILES string of the molecule is C[P+]1(F)C(c2ccccc2)=C[C](N2C(=O)c3ccccc3C2=O)C=C1c1ccccc1. The number of hydrogen-bond acceptors (Lipinski definition) is 2. The number of fused-ring (bicyclic) bond motifs is 1. The lowest BCUT2D eigenvalue weighted by Crippen LogP contribution is -2.33. The Morgan fingerprint density at radius 1 is 0.645 bits per heavy atom. The van der Waals surface area contributed by atoms with Gasteiger partial charge in [0.15, 0.2) is 0 Å². The van der Waals surface area contributed by atoms with E-state index in [1.807, 2.05) is 60.7 Å². The summed E-state index contributed by atoms with van der Waals surface area (Å²) < 4.78 is 16.5. The fourth-order valence-electron chi connectivity index (χ4n) is 4.12. The van der Waals surface area contributed by atoms with Crippen LogP contribution < -0.4 is 0 Å². The standard InChI is InChI=1S/C26H19FNO2P/c1-31(27)23(18-10-4-2-5-11-18)16-20(17-24(31)19-12-6-3-7-13-19)28-25(29)21-14-8-9-15-22(21)26(28)30/h2-17H,1H3/q+1. The van der Waals surface area contributed by atoms with Gasteiger partial charge in [0.05, 0.1) is 17.8 Å². The predicted molar refractivity (Wildman–Crippen MR) is 123 cm³/mol. The lowest BCUT2D eigenvalue weighted by atomic mass is 10.1. The third kappa shape index (κ3) is 3.15. The molecule has 1 radical (unpaired) electrons. The van der Waals surface area contributed by atoms with Crippen LogP contribution in [-0.2, 0) is 0 Å². The van der Waals surface area contributed by atoms with Gasteiger partial charge >= 0.3 is 0 Å². The zero-order chi connectivity index (χ0) is 21.6. The summed E-state index contributed by atoms with van der Waals surface area (Å²) in [5.74, 6) is -0.771. The monoisotopic (exact) mass is 427 g/mol. The molecule has 0 spiro atoms. The quantitative estimate of drug-likeness (QED) is 0.356. The van der Waals surface area contributed by atoms with Gasteiger partial charge in [-0.1, -0.05) is 77.0 Å². The molecule has 5 rings (SSSR count). The van der Waals surface area contributed by atoms with E-state index < -0.39 is 7.57 Å². The van der Waals surface area contributed by atoms with Gasteiger partial charge in [-0.25, -0.2) is 0 Å². The van der Waals surface area contributed by atoms with Gasteiger partial charge in [0, 0.05) is 11.1 Å². The molecule has 3 aromatic rings. The maximum absolute atomic E-state index is 16.5. The molecule has 0 fully saturated rings. The minimum atomic E-state index is -3.24. The van der Waals surface area contributed by atoms with Crippen LogP contribution in [0.2, 0.25) is 0 Å². The number of benzene rings is 3. The van der Waals surface area contributed by atoms with Gasteiger partial charge in [0.2, 0.25) is 0 Å². The third-order valence-electron chi connectivity index (χ3n) is 5.67. The number of carbonyl (C=O) groups excluding carboxylic acids is 2. The molecule has 0 saturated carbocycles. The van der Waals surface area contributed by atoms with Gasteiger partial charge in [-0.15, -0.1) is 0 Å². The van der Waals surface area contributed by atoms with Crippen LogP contribution in [0.3, 0.4) is 0 Å². The highest BCUT2D eigenvalue weighted by Crippen LogP contribution is 2.78. The fourth-order valence-corrected chi connectivity index (χ4v) is 6.39. The van der Waals surface area contributed by atoms with Crippen LogP contribution in [0.25, 0.3) is 10.6 Å². The first kappa shape index (κ1) is 19.6. The third-order valence-corrected chi connectivity index (χ3v) is 8.25. The summed E-state index contributed by atoms with van der Waals surface area (Å²) in [6, 6.07) is 25.8. The topological polar surface area (TPSA) is 37.4 Å². The molecule has 151 valence electrons. The molecule has 31 heavy (non-hydrogen) atoms. The van der Waals surface area contributed by atoms with Crippen molar-refractivity contribution < 1.29 is 13.8 Å². The minimum Gasteiger partial charge on any atom is -0.269 e. The van der Waals surface area contributed by atoms with Crippen LogP contribution >= 0.6 is 7.57 Å². The van der Waals surface area contributed by atoms with Crippen molar-refractivity contribution in [2.45, 2.75) is 0 Å². The second-order valence-corrected chi connectivity index (χ2v) is 10.4. The zero-order valence-electron chi connectivity index (χ0n) is 16.8. The summed E-state index contributed by atoms with van der Waals surface area (Å²) in [4.78, 5) is 27.4. The zero-order valence-corrected chi connectivity index (χ0v) is 17.7. The first-order valence-electron chi connectivity index (χ1n) is 9.95. The predicted octanol–water partition coefficient (Wildman–Crippen LogP) is 6.44. The van der Waals surface area contributed by atoms with Gasteiger partial charge in [-0.2, -0.15) is 0 Å². The van der Waals surface area contributed by atoms with Gasteiger partial charge in [0.1, 0.15) is 16.7 Å². The second kappa shape index (κ2) is 7.40. The first-order chi connectivity index (χ1) is 15.0. The van der Waals surface area contributed by atoms with E-state index in [9.17, 15) is 9.59 Å². The Morgan fingerprint density at radius 2 is 1.03 bits per heavy atom. The highest BCUT2D eigenvalue weighted by atomic mass is 31.2. The van der Waals surface area contributed by atoms with E-state index in [0.717, 1.165) is 16.0 Å². The van der Waals surface area contributed by atoms with Crippen molar-refractivity contribution in [3.8, 4) is 0 Å². The summed E-state index contributed by atoms with van der Waals surface area (Å²) >= 11 is 0. The van der Waals surface area contributed by atoms with Crippen LogP contribution in [0, 0.1) is 6.04 Å². The first-order valence-corrected chi connectivity index (χ1v) is 12.1. The number of rotatable bonds is 3. The van der Waals surface area contributed by atoms with Gasteiger partial charge in [0.25, 0.3) is 19.4 Å². The molecule has 2 heterocycles. The van der Waals surface area contributed by atoms with Crippen molar-refractivity contribution in [1.29, 1.82) is 0 Å². The lowest BCUT2D eigenvalue weighted by molar-refractivity contribution is 0.0686. The molecular weight excluding hydrogens is 408 g/mol. The van der Waals surface area contributed by atoms with E-state index in [-0.39, 0.29) is 11.8 Å². The second-order valence-electron chi connectivity index (χ2n) is 7.60.